The first-order valence-corrected chi connectivity index (χ1v) is 9.27. The van der Waals surface area contributed by atoms with Gasteiger partial charge < -0.3 is 9.72 Å². The highest BCUT2D eigenvalue weighted by molar-refractivity contribution is 6.33. The third-order valence-corrected chi connectivity index (χ3v) is 5.23. The van der Waals surface area contributed by atoms with E-state index in [4.69, 9.17) is 21.4 Å². The summed E-state index contributed by atoms with van der Waals surface area (Å²) >= 11 is 6.69. The summed E-state index contributed by atoms with van der Waals surface area (Å²) in [4.78, 5) is 27.7. The Kier molecular flexibility index (Phi) is 4.73. The summed E-state index contributed by atoms with van der Waals surface area (Å²) in [6.07, 6.45) is 2.11. The first-order valence-electron chi connectivity index (χ1n) is 8.89. The van der Waals surface area contributed by atoms with Crippen LogP contribution in [0.3, 0.4) is 0 Å². The second-order valence-corrected chi connectivity index (χ2v) is 7.76. The van der Waals surface area contributed by atoms with Crippen molar-refractivity contribution >= 4 is 17.6 Å². The number of aryl methyl sites for hydroxylation is 1. The van der Waals surface area contributed by atoms with Gasteiger partial charge >= 0.3 is 5.97 Å². The van der Waals surface area contributed by atoms with Crippen molar-refractivity contribution < 1.29 is 9.53 Å². The summed E-state index contributed by atoms with van der Waals surface area (Å²) in [6, 6.07) is 1.48. The summed E-state index contributed by atoms with van der Waals surface area (Å²) in [5.74, 6) is -0.618. The van der Waals surface area contributed by atoms with Gasteiger partial charge in [0.25, 0.3) is 0 Å². The Balaban J connectivity index is 2.17. The molecule has 1 aliphatic carbocycles. The molecule has 2 heterocycles. The van der Waals surface area contributed by atoms with Gasteiger partial charge in [-0.25, -0.2) is 4.79 Å². The maximum atomic E-state index is 12.6. The minimum atomic E-state index is -0.618. The number of pyridine rings is 1. The van der Waals surface area contributed by atoms with E-state index >= 15 is 0 Å². The maximum Gasteiger partial charge on any atom is 0.343 e. The number of hydrogen-bond donors (Lipinski definition) is 1. The molecule has 7 heteroatoms. The van der Waals surface area contributed by atoms with Crippen LogP contribution in [0.1, 0.15) is 68.3 Å². The highest BCUT2D eigenvalue weighted by atomic mass is 35.5. The van der Waals surface area contributed by atoms with Crippen LogP contribution in [-0.2, 0) is 10.2 Å². The van der Waals surface area contributed by atoms with Crippen LogP contribution in [0.5, 0.6) is 0 Å². The first kappa shape index (κ1) is 18.7. The lowest BCUT2D eigenvalue weighted by Crippen LogP contribution is -2.20. The first-order chi connectivity index (χ1) is 12.2. The van der Waals surface area contributed by atoms with Crippen molar-refractivity contribution in [1.29, 1.82) is 0 Å². The number of rotatable bonds is 5. The molecule has 6 nitrogen and oxygen atoms in total. The third-order valence-electron chi connectivity index (χ3n) is 4.87. The zero-order chi connectivity index (χ0) is 19.2. The van der Waals surface area contributed by atoms with E-state index in [0.29, 0.717) is 22.1 Å². The number of esters is 1. The van der Waals surface area contributed by atoms with Crippen molar-refractivity contribution in [1.82, 2.24) is 14.8 Å². The fraction of sp³-hybridized carbons (Fsp3) is 0.526. The number of carbonyl (C=O) groups is 1. The van der Waals surface area contributed by atoms with Crippen LogP contribution in [0, 0.1) is 6.92 Å². The number of hydrogen-bond acceptors (Lipinski definition) is 4. The molecule has 26 heavy (non-hydrogen) atoms. The Morgan fingerprint density at radius 3 is 2.62 bits per heavy atom. The molecule has 0 aromatic carbocycles. The minimum absolute atomic E-state index is 0.00614. The topological polar surface area (TPSA) is 77.0 Å². The molecule has 140 valence electrons. The van der Waals surface area contributed by atoms with Gasteiger partial charge in [0.2, 0.25) is 0 Å². The van der Waals surface area contributed by atoms with Gasteiger partial charge in [-0.3, -0.25) is 9.48 Å². The molecule has 0 spiro atoms. The molecule has 1 fully saturated rings. The van der Waals surface area contributed by atoms with Crippen LogP contribution < -0.4 is 5.43 Å². The number of ether oxygens (including phenoxy) is 1. The van der Waals surface area contributed by atoms with Gasteiger partial charge in [-0.15, -0.1) is 0 Å². The fourth-order valence-corrected chi connectivity index (χ4v) is 3.57. The van der Waals surface area contributed by atoms with Crippen molar-refractivity contribution in [2.45, 2.75) is 58.9 Å². The second kappa shape index (κ2) is 6.58. The largest absolute Gasteiger partial charge is 0.462 e. The molecule has 0 amide bonds. The van der Waals surface area contributed by atoms with Crippen LogP contribution in [0.25, 0.3) is 11.4 Å². The molecule has 1 N–H and O–H groups in total. The van der Waals surface area contributed by atoms with Crippen molar-refractivity contribution in [3.05, 3.63) is 38.3 Å². The molecular formula is C19H24ClN3O3. The molecule has 0 saturated heterocycles. The smallest absolute Gasteiger partial charge is 0.343 e. The molecule has 0 radical (unpaired) electrons. The normalized spacial score (nSPS) is 15.3. The molecule has 0 aliphatic heterocycles. The van der Waals surface area contributed by atoms with E-state index in [2.05, 4.69) is 11.9 Å². The SMILES string of the molecule is CCOC(=O)c1c(C)[nH]c(-c2c(Cl)c(C3(C)CC3)nn2C(C)C)cc1=O. The van der Waals surface area contributed by atoms with E-state index in [-0.39, 0.29) is 29.1 Å². The second-order valence-electron chi connectivity index (χ2n) is 7.38. The summed E-state index contributed by atoms with van der Waals surface area (Å²) < 4.78 is 6.82. The maximum absolute atomic E-state index is 12.6. The van der Waals surface area contributed by atoms with Gasteiger partial charge in [0.1, 0.15) is 11.3 Å². The van der Waals surface area contributed by atoms with E-state index in [0.717, 1.165) is 18.5 Å². The van der Waals surface area contributed by atoms with Crippen LogP contribution in [0.2, 0.25) is 5.02 Å². The predicted molar refractivity (Wildman–Crippen MR) is 101 cm³/mol. The standard InChI is InChI=1S/C19H24ClN3O3/c1-6-26-18(25)14-11(4)21-12(9-13(14)24)16-15(20)17(19(5)7-8-19)22-23(16)10(2)3/h9-10H,6-8H2,1-5H3,(H,21,24). The molecule has 1 saturated carbocycles. The van der Waals surface area contributed by atoms with Gasteiger partial charge in [0.05, 0.1) is 23.0 Å². The lowest BCUT2D eigenvalue weighted by Gasteiger charge is -2.13. The monoisotopic (exact) mass is 377 g/mol. The van der Waals surface area contributed by atoms with Gasteiger partial charge in [0.15, 0.2) is 5.43 Å². The van der Waals surface area contributed by atoms with Gasteiger partial charge in [-0.1, -0.05) is 18.5 Å². The number of carbonyl (C=O) groups excluding carboxylic acids is 1. The Morgan fingerprint density at radius 2 is 2.12 bits per heavy atom. The van der Waals surface area contributed by atoms with Crippen molar-refractivity contribution in [3.8, 4) is 11.4 Å². The van der Waals surface area contributed by atoms with Crippen molar-refractivity contribution in [2.75, 3.05) is 6.61 Å². The van der Waals surface area contributed by atoms with Crippen LogP contribution >= 0.6 is 11.6 Å². The average Bonchev–Trinajstić information content (AvgIpc) is 3.17. The number of halogens is 1. The summed E-state index contributed by atoms with van der Waals surface area (Å²) in [5.41, 5.74) is 2.21. The molecule has 0 bridgehead atoms. The summed E-state index contributed by atoms with van der Waals surface area (Å²) in [5, 5.41) is 5.30. The molecule has 3 rings (SSSR count). The molecule has 2 aromatic rings. The Morgan fingerprint density at radius 1 is 1.46 bits per heavy atom. The molecule has 0 unspecified atom stereocenters. The molecule has 0 atom stereocenters. The van der Waals surface area contributed by atoms with Crippen LogP contribution in [0.4, 0.5) is 0 Å². The van der Waals surface area contributed by atoms with E-state index in [9.17, 15) is 9.59 Å². The van der Waals surface area contributed by atoms with Crippen LogP contribution in [0.15, 0.2) is 10.9 Å². The van der Waals surface area contributed by atoms with Crippen molar-refractivity contribution in [3.63, 3.8) is 0 Å². The highest BCUT2D eigenvalue weighted by Crippen LogP contribution is 2.51. The lowest BCUT2D eigenvalue weighted by atomic mass is 10.0. The van der Waals surface area contributed by atoms with E-state index in [1.807, 2.05) is 18.5 Å². The minimum Gasteiger partial charge on any atom is -0.462 e. The number of nitrogens with zero attached hydrogens (tertiary/aromatic N) is 2. The van der Waals surface area contributed by atoms with Gasteiger partial charge in [-0.05, 0) is 40.5 Å². The van der Waals surface area contributed by atoms with Gasteiger partial charge in [-0.2, -0.15) is 5.10 Å². The molecule has 1 aliphatic rings. The Bertz CT molecular complexity index is 923. The van der Waals surface area contributed by atoms with E-state index < -0.39 is 5.97 Å². The highest BCUT2D eigenvalue weighted by Gasteiger charge is 2.44. The van der Waals surface area contributed by atoms with E-state index in [1.54, 1.807) is 13.8 Å². The van der Waals surface area contributed by atoms with Crippen LogP contribution in [-0.4, -0.2) is 27.3 Å². The average molecular weight is 378 g/mol. The lowest BCUT2D eigenvalue weighted by molar-refractivity contribution is 0.0523. The molecular weight excluding hydrogens is 354 g/mol. The Labute approximate surface area is 157 Å². The number of H-pyrrole nitrogens is 1. The number of aromatic nitrogens is 3. The molecule has 2 aromatic heterocycles. The van der Waals surface area contributed by atoms with Crippen molar-refractivity contribution in [2.24, 2.45) is 0 Å². The number of aromatic amines is 1. The summed E-state index contributed by atoms with van der Waals surface area (Å²) in [6.45, 7) is 9.79. The summed E-state index contributed by atoms with van der Waals surface area (Å²) in [7, 11) is 0. The third kappa shape index (κ3) is 3.07. The van der Waals surface area contributed by atoms with E-state index in [1.165, 1.54) is 6.07 Å². The zero-order valence-electron chi connectivity index (χ0n) is 15.8. The zero-order valence-corrected chi connectivity index (χ0v) is 16.5. The van der Waals surface area contributed by atoms with Gasteiger partial charge in [0, 0.05) is 23.2 Å². The predicted octanol–water partition coefficient (Wildman–Crippen LogP) is 4.01. The fourth-order valence-electron chi connectivity index (χ4n) is 3.11. The Hall–Kier alpha value is -2.08. The number of nitrogens with one attached hydrogen (secondary N) is 1. The quantitative estimate of drug-likeness (QED) is 0.798.